The number of imidazole rings is 1. The van der Waals surface area contributed by atoms with E-state index in [9.17, 15) is 9.18 Å². The first-order valence-corrected chi connectivity index (χ1v) is 9.81. The first-order valence-electron chi connectivity index (χ1n) is 9.81. The maximum atomic E-state index is 13.7. The highest BCUT2D eigenvalue weighted by Gasteiger charge is 2.13. The smallest absolute Gasteiger partial charge is 0.273 e. The maximum Gasteiger partial charge on any atom is 0.273 e. The largest absolute Gasteiger partial charge is 0.448 e. The van der Waals surface area contributed by atoms with Crippen molar-refractivity contribution in [3.05, 3.63) is 65.7 Å². The molecule has 0 aliphatic rings. The Balaban J connectivity index is 1.40. The number of rotatable bonds is 11. The number of pyridine rings is 1. The van der Waals surface area contributed by atoms with Crippen LogP contribution in [0.5, 0.6) is 0 Å². The number of allylic oxidation sites excluding steroid dienone is 3. The van der Waals surface area contributed by atoms with E-state index in [1.54, 1.807) is 13.1 Å². The van der Waals surface area contributed by atoms with E-state index >= 15 is 0 Å². The number of carbonyl (C=O) groups is 1. The van der Waals surface area contributed by atoms with Gasteiger partial charge in [-0.3, -0.25) is 9.79 Å². The third-order valence-electron chi connectivity index (χ3n) is 4.34. The summed E-state index contributed by atoms with van der Waals surface area (Å²) in [5.41, 5.74) is 1.79. The quantitative estimate of drug-likeness (QED) is 0.247. The van der Waals surface area contributed by atoms with Crippen molar-refractivity contribution in [2.75, 3.05) is 19.6 Å². The van der Waals surface area contributed by atoms with Crippen molar-refractivity contribution >= 4 is 23.8 Å². The Bertz CT molecular complexity index is 1070. The van der Waals surface area contributed by atoms with E-state index in [2.05, 4.69) is 42.3 Å². The number of aromatic amines is 1. The van der Waals surface area contributed by atoms with Gasteiger partial charge in [-0.15, -0.1) is 0 Å². The number of halogens is 1. The van der Waals surface area contributed by atoms with Gasteiger partial charge in [0, 0.05) is 32.1 Å². The molecule has 3 aromatic rings. The second kappa shape index (κ2) is 10.9. The van der Waals surface area contributed by atoms with Crippen molar-refractivity contribution in [2.24, 2.45) is 4.99 Å². The van der Waals surface area contributed by atoms with E-state index in [0.29, 0.717) is 18.9 Å². The second-order valence-corrected chi connectivity index (χ2v) is 6.57. The zero-order valence-corrected chi connectivity index (χ0v) is 17.2. The zero-order chi connectivity index (χ0) is 22.1. The van der Waals surface area contributed by atoms with Crippen molar-refractivity contribution in [2.45, 2.75) is 19.8 Å². The molecule has 3 N–H and O–H groups in total. The summed E-state index contributed by atoms with van der Waals surface area (Å²) in [7, 11) is 0. The third-order valence-corrected chi connectivity index (χ3v) is 4.34. The Labute approximate surface area is 178 Å². The van der Waals surface area contributed by atoms with Crippen molar-refractivity contribution in [1.29, 1.82) is 0 Å². The molecular formula is C21H24FN7O2. The average molecular weight is 425 g/mol. The second-order valence-electron chi connectivity index (χ2n) is 6.57. The van der Waals surface area contributed by atoms with Gasteiger partial charge in [-0.1, -0.05) is 6.08 Å². The molecule has 3 heterocycles. The highest BCUT2D eigenvalue weighted by molar-refractivity contribution is 5.92. The van der Waals surface area contributed by atoms with E-state index in [4.69, 9.17) is 4.42 Å². The first-order chi connectivity index (χ1) is 15.1. The first kappa shape index (κ1) is 22.0. The number of hydrogen-bond acceptors (Lipinski definition) is 7. The summed E-state index contributed by atoms with van der Waals surface area (Å²) in [5, 5.41) is 5.83. The topological polar surface area (TPSA) is 121 Å². The number of oxazole rings is 1. The minimum atomic E-state index is -0.552. The van der Waals surface area contributed by atoms with Crippen LogP contribution in [0.1, 0.15) is 29.1 Å². The Morgan fingerprint density at radius 3 is 2.97 bits per heavy atom. The van der Waals surface area contributed by atoms with Crippen LogP contribution < -0.4 is 10.6 Å². The molecule has 0 unspecified atom stereocenters. The lowest BCUT2D eigenvalue weighted by atomic mass is 10.3. The fourth-order valence-electron chi connectivity index (χ4n) is 2.78. The number of amides is 1. The standard InChI is InChI=1S/C21H24FN7O2/c1-3-5-14(22)16(23-2)12-26-21(30)17-13-31-19(28-17)8-11-24-10-7-18-27-15-6-4-9-25-20(15)29-18/h3-6,9,13,24H,2,7-8,10-12H2,1H3,(H,26,30)(H,25,27,29)/b5-3-,16-14+. The summed E-state index contributed by atoms with van der Waals surface area (Å²) in [5.74, 6) is 0.271. The van der Waals surface area contributed by atoms with E-state index in [0.717, 1.165) is 30.0 Å². The molecule has 3 aromatic heterocycles. The molecule has 31 heavy (non-hydrogen) atoms. The molecule has 0 fully saturated rings. The highest BCUT2D eigenvalue weighted by atomic mass is 19.1. The van der Waals surface area contributed by atoms with E-state index in [-0.39, 0.29) is 17.9 Å². The normalized spacial score (nSPS) is 12.3. The molecule has 162 valence electrons. The molecule has 0 aliphatic carbocycles. The van der Waals surface area contributed by atoms with Crippen LogP contribution in [0, 0.1) is 0 Å². The number of carbonyl (C=O) groups excluding carboxylic acids is 1. The van der Waals surface area contributed by atoms with Crippen LogP contribution in [0.4, 0.5) is 4.39 Å². The number of nitrogens with one attached hydrogen (secondary N) is 3. The zero-order valence-electron chi connectivity index (χ0n) is 17.2. The number of aromatic nitrogens is 4. The van der Waals surface area contributed by atoms with Crippen LogP contribution in [-0.4, -0.2) is 52.2 Å². The fourth-order valence-corrected chi connectivity index (χ4v) is 2.78. The van der Waals surface area contributed by atoms with Gasteiger partial charge in [0.2, 0.25) is 0 Å². The van der Waals surface area contributed by atoms with Crippen LogP contribution in [0.3, 0.4) is 0 Å². The van der Waals surface area contributed by atoms with Gasteiger partial charge in [0.15, 0.2) is 17.2 Å². The van der Waals surface area contributed by atoms with Crippen molar-refractivity contribution in [3.8, 4) is 0 Å². The molecule has 0 spiro atoms. The molecule has 1 amide bonds. The summed E-state index contributed by atoms with van der Waals surface area (Å²) >= 11 is 0. The van der Waals surface area contributed by atoms with Crippen molar-refractivity contribution in [1.82, 2.24) is 30.6 Å². The highest BCUT2D eigenvalue weighted by Crippen LogP contribution is 2.09. The molecule has 0 atom stereocenters. The van der Waals surface area contributed by atoms with Crippen LogP contribution in [-0.2, 0) is 12.8 Å². The summed E-state index contributed by atoms with van der Waals surface area (Å²) < 4.78 is 19.1. The predicted molar refractivity (Wildman–Crippen MR) is 115 cm³/mol. The number of aliphatic imine (C=N–C) groups is 1. The van der Waals surface area contributed by atoms with Crippen LogP contribution in [0.2, 0.25) is 0 Å². The van der Waals surface area contributed by atoms with Crippen LogP contribution >= 0.6 is 0 Å². The molecule has 3 rings (SSSR count). The Morgan fingerprint density at radius 2 is 2.19 bits per heavy atom. The summed E-state index contributed by atoms with van der Waals surface area (Å²) in [6, 6.07) is 3.76. The van der Waals surface area contributed by atoms with E-state index in [1.165, 1.54) is 18.4 Å². The predicted octanol–water partition coefficient (Wildman–Crippen LogP) is 2.51. The van der Waals surface area contributed by atoms with Gasteiger partial charge < -0.3 is 20.0 Å². The van der Waals surface area contributed by atoms with Gasteiger partial charge in [-0.2, -0.15) is 0 Å². The average Bonchev–Trinajstić information content (AvgIpc) is 3.40. The fraction of sp³-hybridized carbons (Fsp3) is 0.286. The minimum absolute atomic E-state index is 0.0413. The molecule has 0 radical (unpaired) electrons. The number of nitrogens with zero attached hydrogens (tertiary/aromatic N) is 4. The van der Waals surface area contributed by atoms with Gasteiger partial charge in [-0.05, 0) is 31.9 Å². The van der Waals surface area contributed by atoms with Gasteiger partial charge in [0.25, 0.3) is 5.91 Å². The van der Waals surface area contributed by atoms with Gasteiger partial charge in [-0.25, -0.2) is 19.3 Å². The maximum absolute atomic E-state index is 13.7. The Hall–Kier alpha value is -3.66. The Kier molecular flexibility index (Phi) is 7.77. The van der Waals surface area contributed by atoms with Crippen LogP contribution in [0.25, 0.3) is 11.2 Å². The molecule has 0 aromatic carbocycles. The van der Waals surface area contributed by atoms with Gasteiger partial charge in [0.1, 0.15) is 23.4 Å². The molecule has 10 heteroatoms. The molecule has 0 saturated carbocycles. The lowest BCUT2D eigenvalue weighted by Gasteiger charge is -2.03. The molecular weight excluding hydrogens is 401 g/mol. The van der Waals surface area contributed by atoms with E-state index in [1.807, 2.05) is 12.1 Å². The molecule has 0 aliphatic heterocycles. The molecule has 0 bridgehead atoms. The monoisotopic (exact) mass is 425 g/mol. The lowest BCUT2D eigenvalue weighted by molar-refractivity contribution is 0.0951. The molecule has 9 nitrogen and oxygen atoms in total. The summed E-state index contributed by atoms with van der Waals surface area (Å²) in [6.45, 7) is 6.24. The number of H-pyrrole nitrogens is 1. The SMILES string of the molecule is C=N/C(CNC(=O)c1coc(CCNCCc2nc3cccnc3[nH]2)n1)=C(F)\C=C/C. The lowest BCUT2D eigenvalue weighted by Crippen LogP contribution is -2.26. The molecule has 0 saturated heterocycles. The van der Waals surface area contributed by atoms with Crippen molar-refractivity contribution in [3.63, 3.8) is 0 Å². The van der Waals surface area contributed by atoms with Gasteiger partial charge in [0.05, 0.1) is 12.2 Å². The third kappa shape index (κ3) is 6.16. The minimum Gasteiger partial charge on any atom is -0.448 e. The van der Waals surface area contributed by atoms with E-state index < -0.39 is 11.7 Å². The number of fused-ring (bicyclic) bond motifs is 1. The Morgan fingerprint density at radius 1 is 1.35 bits per heavy atom. The van der Waals surface area contributed by atoms with Crippen LogP contribution in [0.15, 0.2) is 57.7 Å². The summed E-state index contributed by atoms with van der Waals surface area (Å²) in [6.07, 6.45) is 7.04. The van der Waals surface area contributed by atoms with Crippen molar-refractivity contribution < 1.29 is 13.6 Å². The summed E-state index contributed by atoms with van der Waals surface area (Å²) in [4.78, 5) is 31.8. The van der Waals surface area contributed by atoms with Gasteiger partial charge >= 0.3 is 0 Å². The number of hydrogen-bond donors (Lipinski definition) is 3.